The average molecular weight is 1440 g/mol. The molecule has 0 bridgehead atoms. The molecule has 582 valence electrons. The number of aliphatic hydroxyl groups excluding tert-OH is 1. The van der Waals surface area contributed by atoms with Crippen LogP contribution in [0.25, 0.3) is 0 Å². The van der Waals surface area contributed by atoms with Crippen molar-refractivity contribution in [2.24, 2.45) is 5.92 Å². The van der Waals surface area contributed by atoms with E-state index in [0.29, 0.717) is 25.7 Å². The maximum Gasteiger partial charge on any atom is 0.472 e. The fraction of sp³-hybridized carbons (Fsp3) is 0.949. The van der Waals surface area contributed by atoms with Gasteiger partial charge < -0.3 is 33.8 Å². The Morgan fingerprint density at radius 1 is 0.276 bits per heavy atom. The van der Waals surface area contributed by atoms with Crippen molar-refractivity contribution in [1.82, 2.24) is 0 Å². The zero-order valence-corrected chi connectivity index (χ0v) is 65.7. The van der Waals surface area contributed by atoms with Crippen LogP contribution in [0.4, 0.5) is 0 Å². The van der Waals surface area contributed by atoms with Crippen LogP contribution in [0.5, 0.6) is 0 Å². The third-order valence-electron chi connectivity index (χ3n) is 18.5. The fourth-order valence-electron chi connectivity index (χ4n) is 12.2. The van der Waals surface area contributed by atoms with E-state index < -0.39 is 97.5 Å². The SMILES string of the molecule is CCCCCCCCCCCCCCCCCCCCCC(=O)OC[C@H](COP(=O)(O)OC[C@@H](O)COP(=O)(O)OC[C@@H](COC(=O)CCCCCCCCCC)OC(=O)CCCCCCCCCCCC(C)C)OC(=O)CCCCCCCCCCCCCCCCCCCCC. The van der Waals surface area contributed by atoms with Crippen LogP contribution in [0.15, 0.2) is 0 Å². The van der Waals surface area contributed by atoms with Crippen LogP contribution in [0.3, 0.4) is 0 Å². The third-order valence-corrected chi connectivity index (χ3v) is 20.4. The Hall–Kier alpha value is -1.94. The molecule has 0 aromatic rings. The molecule has 17 nitrogen and oxygen atoms in total. The Bertz CT molecular complexity index is 1870. The van der Waals surface area contributed by atoms with Crippen LogP contribution in [-0.2, 0) is 65.4 Å². The number of unbranched alkanes of at least 4 members (excludes halogenated alkanes) is 51. The summed E-state index contributed by atoms with van der Waals surface area (Å²) in [7, 11) is -9.91. The minimum absolute atomic E-state index is 0.106. The van der Waals surface area contributed by atoms with E-state index in [1.54, 1.807) is 0 Å². The van der Waals surface area contributed by atoms with Crippen LogP contribution in [0, 0.1) is 5.92 Å². The van der Waals surface area contributed by atoms with Crippen molar-refractivity contribution in [2.75, 3.05) is 39.6 Å². The van der Waals surface area contributed by atoms with E-state index in [9.17, 15) is 43.2 Å². The van der Waals surface area contributed by atoms with Gasteiger partial charge in [-0.15, -0.1) is 0 Å². The summed E-state index contributed by atoms with van der Waals surface area (Å²) in [6.07, 6.45) is 62.7. The quantitative estimate of drug-likeness (QED) is 0.0222. The Labute approximate surface area is 600 Å². The summed E-state index contributed by atoms with van der Waals surface area (Å²) in [6.45, 7) is 7.26. The summed E-state index contributed by atoms with van der Waals surface area (Å²) >= 11 is 0. The van der Waals surface area contributed by atoms with Gasteiger partial charge in [-0.3, -0.25) is 37.3 Å². The topological polar surface area (TPSA) is 237 Å². The number of phosphoric acid groups is 2. The second-order valence-corrected chi connectivity index (χ2v) is 31.8. The highest BCUT2D eigenvalue weighted by Crippen LogP contribution is 2.45. The van der Waals surface area contributed by atoms with Crippen molar-refractivity contribution in [3.05, 3.63) is 0 Å². The van der Waals surface area contributed by atoms with Gasteiger partial charge >= 0.3 is 39.5 Å². The standard InChI is InChI=1S/C79H154O17P2/c1-6-9-12-15-18-21-23-25-27-29-31-33-35-37-39-43-48-53-58-63-77(82)90-69-75(95-78(83)64-59-54-49-44-40-38-36-34-32-30-28-26-24-22-19-16-13-10-7-2)71-94-98(87,88)92-67-73(80)66-91-97(85,86)93-70-74(68-89-76(81)62-57-52-47-20-17-14-11-8-3)96-79(84)65-60-55-50-45-41-42-46-51-56-61-72(4)5/h72-75,80H,6-71H2,1-5H3,(H,85,86)(H,87,88)/t73-,74+,75+/m0/s1. The number of hydrogen-bond acceptors (Lipinski definition) is 15. The highest BCUT2D eigenvalue weighted by atomic mass is 31.2. The number of rotatable bonds is 79. The number of aliphatic hydroxyl groups is 1. The van der Waals surface area contributed by atoms with Gasteiger partial charge in [0.2, 0.25) is 0 Å². The zero-order valence-electron chi connectivity index (χ0n) is 63.9. The van der Waals surface area contributed by atoms with E-state index in [1.165, 1.54) is 238 Å². The molecule has 0 aliphatic carbocycles. The molecule has 0 spiro atoms. The highest BCUT2D eigenvalue weighted by molar-refractivity contribution is 7.47. The summed E-state index contributed by atoms with van der Waals surface area (Å²) in [5, 5.41) is 10.6. The minimum Gasteiger partial charge on any atom is -0.462 e. The first-order chi connectivity index (χ1) is 47.5. The first-order valence-electron chi connectivity index (χ1n) is 41.1. The van der Waals surface area contributed by atoms with Crippen LogP contribution < -0.4 is 0 Å². The van der Waals surface area contributed by atoms with Gasteiger partial charge in [0.05, 0.1) is 26.4 Å². The number of hydrogen-bond donors (Lipinski definition) is 3. The van der Waals surface area contributed by atoms with Crippen molar-refractivity contribution in [2.45, 2.75) is 438 Å². The highest BCUT2D eigenvalue weighted by Gasteiger charge is 2.30. The van der Waals surface area contributed by atoms with Crippen LogP contribution in [0.1, 0.15) is 420 Å². The lowest BCUT2D eigenvalue weighted by molar-refractivity contribution is -0.161. The van der Waals surface area contributed by atoms with E-state index in [0.717, 1.165) is 102 Å². The molecule has 0 aromatic carbocycles. The largest absolute Gasteiger partial charge is 0.472 e. The molecule has 0 heterocycles. The van der Waals surface area contributed by atoms with Crippen molar-refractivity contribution >= 4 is 39.5 Å². The Kier molecular flexibility index (Phi) is 70.6. The van der Waals surface area contributed by atoms with E-state index in [2.05, 4.69) is 34.6 Å². The lowest BCUT2D eigenvalue weighted by Crippen LogP contribution is -2.30. The second-order valence-electron chi connectivity index (χ2n) is 28.9. The summed E-state index contributed by atoms with van der Waals surface area (Å²) in [4.78, 5) is 72.8. The molecule has 98 heavy (non-hydrogen) atoms. The molecule has 0 aromatic heterocycles. The predicted molar refractivity (Wildman–Crippen MR) is 400 cm³/mol. The van der Waals surface area contributed by atoms with Crippen molar-refractivity contribution in [1.29, 1.82) is 0 Å². The molecule has 3 N–H and O–H groups in total. The molecular weight excluding hydrogens is 1280 g/mol. The predicted octanol–water partition coefficient (Wildman–Crippen LogP) is 23.6. The van der Waals surface area contributed by atoms with Crippen molar-refractivity contribution < 1.29 is 80.2 Å². The number of ether oxygens (including phenoxy) is 4. The summed E-state index contributed by atoms with van der Waals surface area (Å²) in [5.41, 5.74) is 0. The molecule has 0 radical (unpaired) electrons. The zero-order chi connectivity index (χ0) is 71.9. The van der Waals surface area contributed by atoms with Gasteiger partial charge in [0, 0.05) is 25.7 Å². The van der Waals surface area contributed by atoms with Gasteiger partial charge in [0.15, 0.2) is 12.2 Å². The van der Waals surface area contributed by atoms with Gasteiger partial charge in [-0.25, -0.2) is 9.13 Å². The van der Waals surface area contributed by atoms with Gasteiger partial charge in [0.25, 0.3) is 0 Å². The normalized spacial score (nSPS) is 13.9. The number of carbonyl (C=O) groups is 4. The molecule has 0 saturated heterocycles. The lowest BCUT2D eigenvalue weighted by Gasteiger charge is -2.21. The number of phosphoric ester groups is 2. The lowest BCUT2D eigenvalue weighted by atomic mass is 10.0. The van der Waals surface area contributed by atoms with E-state index in [-0.39, 0.29) is 25.7 Å². The molecule has 0 rings (SSSR count). The molecule has 0 aliphatic heterocycles. The number of esters is 4. The summed E-state index contributed by atoms with van der Waals surface area (Å²) in [5.74, 6) is -1.38. The van der Waals surface area contributed by atoms with E-state index >= 15 is 0 Å². The van der Waals surface area contributed by atoms with E-state index in [4.69, 9.17) is 37.0 Å². The Balaban J connectivity index is 5.19. The van der Waals surface area contributed by atoms with Crippen molar-refractivity contribution in [3.8, 4) is 0 Å². The van der Waals surface area contributed by atoms with Crippen molar-refractivity contribution in [3.63, 3.8) is 0 Å². The Morgan fingerprint density at radius 3 is 0.694 bits per heavy atom. The van der Waals surface area contributed by atoms with Gasteiger partial charge in [-0.05, 0) is 31.6 Å². The first kappa shape index (κ1) is 96.1. The monoisotopic (exact) mass is 1440 g/mol. The third kappa shape index (κ3) is 72.4. The van der Waals surface area contributed by atoms with Crippen LogP contribution >= 0.6 is 15.6 Å². The molecule has 5 atom stereocenters. The second kappa shape index (κ2) is 72.0. The molecule has 0 fully saturated rings. The molecular formula is C79H154O17P2. The molecule has 0 amide bonds. The molecule has 2 unspecified atom stereocenters. The first-order valence-corrected chi connectivity index (χ1v) is 44.1. The van der Waals surface area contributed by atoms with Gasteiger partial charge in [0.1, 0.15) is 19.3 Å². The molecule has 19 heteroatoms. The summed E-state index contributed by atoms with van der Waals surface area (Å²) in [6, 6.07) is 0. The smallest absolute Gasteiger partial charge is 0.462 e. The van der Waals surface area contributed by atoms with Gasteiger partial charge in [-0.1, -0.05) is 369 Å². The van der Waals surface area contributed by atoms with Crippen LogP contribution in [-0.4, -0.2) is 96.7 Å². The van der Waals surface area contributed by atoms with Crippen LogP contribution in [0.2, 0.25) is 0 Å². The summed E-state index contributed by atoms with van der Waals surface area (Å²) < 4.78 is 68.5. The molecule has 0 saturated carbocycles. The number of carbonyl (C=O) groups excluding carboxylic acids is 4. The minimum atomic E-state index is -4.96. The maximum atomic E-state index is 13.1. The van der Waals surface area contributed by atoms with Gasteiger partial charge in [-0.2, -0.15) is 0 Å². The van der Waals surface area contributed by atoms with E-state index in [1.807, 2.05) is 0 Å². The molecule has 0 aliphatic rings. The average Bonchev–Trinajstić information content (AvgIpc) is 1.12. The maximum absolute atomic E-state index is 13.1. The Morgan fingerprint density at radius 2 is 0.469 bits per heavy atom. The fourth-order valence-corrected chi connectivity index (χ4v) is 13.8.